The van der Waals surface area contributed by atoms with E-state index in [1.165, 1.54) is 6.21 Å². The molecular formula is C28H31ClN4O4. The smallest absolute Gasteiger partial charge is 0.257 e. The lowest BCUT2D eigenvalue weighted by molar-refractivity contribution is -0.128. The summed E-state index contributed by atoms with van der Waals surface area (Å²) in [6, 6.07) is 19.8. The molecule has 37 heavy (non-hydrogen) atoms. The van der Waals surface area contributed by atoms with Crippen LogP contribution in [0.25, 0.3) is 11.3 Å². The Balaban J connectivity index is 1.27. The van der Waals surface area contributed by atoms with Crippen molar-refractivity contribution in [2.75, 3.05) is 32.8 Å². The Labute approximate surface area is 221 Å². The molecule has 1 saturated heterocycles. The van der Waals surface area contributed by atoms with Crippen molar-refractivity contribution in [1.82, 2.24) is 15.6 Å². The minimum Gasteiger partial charge on any atom is -0.455 e. The first-order valence-corrected chi connectivity index (χ1v) is 12.8. The van der Waals surface area contributed by atoms with Crippen LogP contribution in [-0.2, 0) is 9.53 Å². The van der Waals surface area contributed by atoms with E-state index in [1.807, 2.05) is 36.4 Å². The molecule has 0 bridgehead atoms. The third-order valence-electron chi connectivity index (χ3n) is 6.14. The van der Waals surface area contributed by atoms with Crippen molar-refractivity contribution in [3.63, 3.8) is 0 Å². The maximum absolute atomic E-state index is 13.0. The van der Waals surface area contributed by atoms with E-state index in [2.05, 4.69) is 20.7 Å². The number of carbonyl (C=O) groups is 2. The van der Waals surface area contributed by atoms with Gasteiger partial charge in [-0.15, -0.1) is 0 Å². The van der Waals surface area contributed by atoms with E-state index in [0.717, 1.165) is 18.4 Å². The van der Waals surface area contributed by atoms with Gasteiger partial charge in [0.2, 0.25) is 0 Å². The van der Waals surface area contributed by atoms with Gasteiger partial charge < -0.3 is 14.5 Å². The van der Waals surface area contributed by atoms with Crippen LogP contribution in [0.5, 0.6) is 0 Å². The summed E-state index contributed by atoms with van der Waals surface area (Å²) in [4.78, 5) is 27.4. The topological polar surface area (TPSA) is 96.2 Å². The average Bonchev–Trinajstić information content (AvgIpc) is 3.40. The molecule has 2 amide bonds. The van der Waals surface area contributed by atoms with Crippen molar-refractivity contribution in [2.45, 2.75) is 25.3 Å². The van der Waals surface area contributed by atoms with Gasteiger partial charge in [-0.3, -0.25) is 14.5 Å². The number of nitrogens with one attached hydrogen (secondary N) is 2. The fourth-order valence-electron chi connectivity index (χ4n) is 4.15. The fourth-order valence-corrected chi connectivity index (χ4v) is 4.28. The summed E-state index contributed by atoms with van der Waals surface area (Å²) in [7, 11) is 0. The highest BCUT2D eigenvalue weighted by atomic mass is 35.5. The highest BCUT2D eigenvalue weighted by Crippen LogP contribution is 2.23. The van der Waals surface area contributed by atoms with Crippen LogP contribution in [0.15, 0.2) is 76.2 Å². The molecule has 0 spiro atoms. The third-order valence-corrected chi connectivity index (χ3v) is 6.39. The zero-order valence-electron chi connectivity index (χ0n) is 20.6. The van der Waals surface area contributed by atoms with Gasteiger partial charge in [0.05, 0.1) is 25.5 Å². The summed E-state index contributed by atoms with van der Waals surface area (Å²) in [6.45, 7) is 3.13. The molecule has 194 valence electrons. The van der Waals surface area contributed by atoms with Crippen LogP contribution < -0.4 is 10.7 Å². The molecular weight excluding hydrogens is 492 g/mol. The number of hydrazone groups is 1. The molecule has 0 radical (unpaired) electrons. The third kappa shape index (κ3) is 8.01. The van der Waals surface area contributed by atoms with Gasteiger partial charge in [-0.25, -0.2) is 5.43 Å². The van der Waals surface area contributed by atoms with Crippen molar-refractivity contribution < 1.29 is 18.7 Å². The number of morpholine rings is 1. The molecule has 1 unspecified atom stereocenters. The van der Waals surface area contributed by atoms with Crippen molar-refractivity contribution in [3.8, 4) is 11.3 Å². The number of carbonyl (C=O) groups excluding carboxylic acids is 2. The van der Waals surface area contributed by atoms with E-state index in [-0.39, 0.29) is 17.9 Å². The van der Waals surface area contributed by atoms with Gasteiger partial charge in [0.1, 0.15) is 11.5 Å². The predicted octanol–water partition coefficient (Wildman–Crippen LogP) is 4.35. The van der Waals surface area contributed by atoms with Crippen LogP contribution in [0.3, 0.4) is 0 Å². The Morgan fingerprint density at radius 3 is 2.51 bits per heavy atom. The van der Waals surface area contributed by atoms with Gasteiger partial charge in [-0.2, -0.15) is 5.10 Å². The van der Waals surface area contributed by atoms with E-state index >= 15 is 0 Å². The molecule has 1 aromatic heterocycles. The van der Waals surface area contributed by atoms with Crippen LogP contribution in [-0.4, -0.2) is 61.8 Å². The SMILES string of the molecule is O=C(NCCCCC(C(=O)NN=Cc1ccc(-c2ccc(Cl)cc2)o1)N1CCOCC1)c1ccccc1. The van der Waals surface area contributed by atoms with E-state index in [9.17, 15) is 9.59 Å². The summed E-state index contributed by atoms with van der Waals surface area (Å²) >= 11 is 5.95. The van der Waals surface area contributed by atoms with Crippen molar-refractivity contribution >= 4 is 29.6 Å². The molecule has 0 aliphatic carbocycles. The van der Waals surface area contributed by atoms with Crippen LogP contribution in [0.1, 0.15) is 35.4 Å². The number of nitrogens with zero attached hydrogens (tertiary/aromatic N) is 2. The van der Waals surface area contributed by atoms with Crippen LogP contribution in [0.2, 0.25) is 5.02 Å². The summed E-state index contributed by atoms with van der Waals surface area (Å²) in [5.74, 6) is 0.961. The molecule has 0 saturated carbocycles. The molecule has 4 rings (SSSR count). The van der Waals surface area contributed by atoms with Gasteiger partial charge in [0, 0.05) is 35.8 Å². The second-order valence-electron chi connectivity index (χ2n) is 8.73. The number of benzene rings is 2. The van der Waals surface area contributed by atoms with Crippen LogP contribution >= 0.6 is 11.6 Å². The Hall–Kier alpha value is -3.46. The molecule has 9 heteroatoms. The number of halogens is 1. The summed E-state index contributed by atoms with van der Waals surface area (Å²) in [5.41, 5.74) is 4.21. The lowest BCUT2D eigenvalue weighted by Gasteiger charge is -2.33. The molecule has 3 aromatic rings. The Morgan fingerprint density at radius 1 is 1.00 bits per heavy atom. The first-order valence-electron chi connectivity index (χ1n) is 12.4. The predicted molar refractivity (Wildman–Crippen MR) is 144 cm³/mol. The monoisotopic (exact) mass is 522 g/mol. The van der Waals surface area contributed by atoms with Crippen molar-refractivity contribution in [3.05, 3.63) is 83.1 Å². The van der Waals surface area contributed by atoms with E-state index < -0.39 is 0 Å². The minimum absolute atomic E-state index is 0.0884. The highest BCUT2D eigenvalue weighted by molar-refractivity contribution is 6.30. The summed E-state index contributed by atoms with van der Waals surface area (Å²) in [5, 5.41) is 7.72. The van der Waals surface area contributed by atoms with Crippen molar-refractivity contribution in [2.24, 2.45) is 5.10 Å². The number of hydrogen-bond acceptors (Lipinski definition) is 6. The lowest BCUT2D eigenvalue weighted by Crippen LogP contribution is -2.50. The maximum atomic E-state index is 13.0. The number of amides is 2. The fraction of sp³-hybridized carbons (Fsp3) is 0.321. The Bertz CT molecular complexity index is 1170. The highest BCUT2D eigenvalue weighted by Gasteiger charge is 2.27. The van der Waals surface area contributed by atoms with Crippen LogP contribution in [0.4, 0.5) is 0 Å². The van der Waals surface area contributed by atoms with Crippen LogP contribution in [0, 0.1) is 0 Å². The number of ether oxygens (including phenoxy) is 1. The summed E-state index contributed by atoms with van der Waals surface area (Å²) < 4.78 is 11.3. The molecule has 1 aliphatic heterocycles. The summed E-state index contributed by atoms with van der Waals surface area (Å²) in [6.07, 6.45) is 3.71. The zero-order chi connectivity index (χ0) is 25.9. The Morgan fingerprint density at radius 2 is 1.76 bits per heavy atom. The molecule has 8 nitrogen and oxygen atoms in total. The van der Waals surface area contributed by atoms with Gasteiger partial charge in [-0.05, 0) is 67.8 Å². The number of hydrogen-bond donors (Lipinski definition) is 2. The van der Waals surface area contributed by atoms with Gasteiger partial charge in [0.15, 0.2) is 0 Å². The molecule has 2 aromatic carbocycles. The molecule has 1 fully saturated rings. The largest absolute Gasteiger partial charge is 0.455 e. The van der Waals surface area contributed by atoms with E-state index in [1.54, 1.807) is 30.3 Å². The standard InChI is InChI=1S/C28H31ClN4O4/c29-23-11-9-21(10-12-23)26-14-13-24(37-26)20-31-32-28(35)25(33-16-18-36-19-17-33)8-4-5-15-30-27(34)22-6-2-1-3-7-22/h1-3,6-7,9-14,20,25H,4-5,8,15-19H2,(H,30,34)(H,32,35). The number of furan rings is 1. The molecule has 1 atom stereocenters. The number of rotatable bonds is 11. The average molecular weight is 523 g/mol. The van der Waals surface area contributed by atoms with Gasteiger partial charge in [-0.1, -0.05) is 29.8 Å². The minimum atomic E-state index is -0.327. The molecule has 2 heterocycles. The maximum Gasteiger partial charge on any atom is 0.257 e. The first kappa shape index (κ1) is 26.6. The van der Waals surface area contributed by atoms with E-state index in [0.29, 0.717) is 61.4 Å². The zero-order valence-corrected chi connectivity index (χ0v) is 21.3. The number of unbranched alkanes of at least 4 members (excludes halogenated alkanes) is 1. The lowest BCUT2D eigenvalue weighted by atomic mass is 10.1. The normalized spacial score (nSPS) is 14.9. The molecule has 2 N–H and O–H groups in total. The van der Waals surface area contributed by atoms with Gasteiger partial charge >= 0.3 is 0 Å². The second-order valence-corrected chi connectivity index (χ2v) is 9.16. The van der Waals surface area contributed by atoms with Crippen molar-refractivity contribution in [1.29, 1.82) is 0 Å². The molecule has 1 aliphatic rings. The second kappa shape index (κ2) is 13.7. The van der Waals surface area contributed by atoms with Gasteiger partial charge in [0.25, 0.3) is 11.8 Å². The quantitative estimate of drug-likeness (QED) is 0.222. The Kier molecular flexibility index (Phi) is 9.88. The van der Waals surface area contributed by atoms with E-state index in [4.69, 9.17) is 20.8 Å². The first-order chi connectivity index (χ1) is 18.1.